The second-order valence-electron chi connectivity index (χ2n) is 7.05. The molecule has 1 fully saturated rings. The third kappa shape index (κ3) is 4.84. The third-order valence-electron chi connectivity index (χ3n) is 3.73. The largest absolute Gasteiger partial charge is 0.419 e. The molecule has 1 aromatic rings. The highest BCUT2D eigenvalue weighted by molar-refractivity contribution is 9.10. The van der Waals surface area contributed by atoms with Crippen LogP contribution in [0.5, 0.6) is 0 Å². The lowest BCUT2D eigenvalue weighted by molar-refractivity contribution is -0.137. The van der Waals surface area contributed by atoms with E-state index in [0.29, 0.717) is 19.4 Å². The van der Waals surface area contributed by atoms with E-state index in [2.05, 4.69) is 26.2 Å². The Kier molecular flexibility index (Phi) is 5.47. The van der Waals surface area contributed by atoms with Crippen molar-refractivity contribution in [3.8, 4) is 0 Å². The predicted octanol–water partition coefficient (Wildman–Crippen LogP) is 3.99. The zero-order chi connectivity index (χ0) is 18.1. The maximum atomic E-state index is 13.3. The van der Waals surface area contributed by atoms with Gasteiger partial charge in [0.2, 0.25) is 5.91 Å². The van der Waals surface area contributed by atoms with Crippen molar-refractivity contribution in [2.45, 2.75) is 45.3 Å². The summed E-state index contributed by atoms with van der Waals surface area (Å²) in [6.07, 6.45) is -1.83. The molecule has 8 heteroatoms. The van der Waals surface area contributed by atoms with Crippen LogP contribution in [0.25, 0.3) is 0 Å². The van der Waals surface area contributed by atoms with E-state index < -0.39 is 11.7 Å². The highest BCUT2D eigenvalue weighted by Crippen LogP contribution is 2.38. The standard InChI is InChI=1S/C16H21BrF3N3O/c1-15(2,3)22-14(24)10-5-4-6-23(9-10)13-12(16(18,19)20)7-11(17)8-21-13/h7-8,10H,4-6,9H2,1-3H3,(H,22,24). The molecule has 1 aliphatic rings. The summed E-state index contributed by atoms with van der Waals surface area (Å²) in [7, 11) is 0. The fraction of sp³-hybridized carbons (Fsp3) is 0.625. The minimum Gasteiger partial charge on any atom is -0.355 e. The number of carbonyl (C=O) groups excluding carboxylic acids is 1. The topological polar surface area (TPSA) is 45.2 Å². The van der Waals surface area contributed by atoms with E-state index in [4.69, 9.17) is 0 Å². The Bertz CT molecular complexity index is 614. The first-order valence-electron chi connectivity index (χ1n) is 7.77. The Morgan fingerprint density at radius 3 is 2.62 bits per heavy atom. The minimum absolute atomic E-state index is 0.112. The molecule has 1 unspecified atom stereocenters. The van der Waals surface area contributed by atoms with Crippen LogP contribution in [0, 0.1) is 5.92 Å². The summed E-state index contributed by atoms with van der Waals surface area (Å²) >= 11 is 3.04. The summed E-state index contributed by atoms with van der Waals surface area (Å²) in [6, 6.07) is 1.03. The van der Waals surface area contributed by atoms with Crippen molar-refractivity contribution in [3.63, 3.8) is 0 Å². The number of amides is 1. The summed E-state index contributed by atoms with van der Waals surface area (Å²) in [4.78, 5) is 17.9. The smallest absolute Gasteiger partial charge is 0.355 e. The van der Waals surface area contributed by atoms with E-state index >= 15 is 0 Å². The van der Waals surface area contributed by atoms with Gasteiger partial charge >= 0.3 is 6.18 Å². The maximum absolute atomic E-state index is 13.3. The number of halogens is 4. The van der Waals surface area contributed by atoms with Gasteiger partial charge in [-0.05, 0) is 55.6 Å². The quantitative estimate of drug-likeness (QED) is 0.805. The lowest BCUT2D eigenvalue weighted by Gasteiger charge is -2.35. The van der Waals surface area contributed by atoms with E-state index in [1.807, 2.05) is 20.8 Å². The molecule has 1 aromatic heterocycles. The van der Waals surface area contributed by atoms with E-state index in [0.717, 1.165) is 6.07 Å². The molecule has 2 rings (SSSR count). The monoisotopic (exact) mass is 407 g/mol. The molecule has 0 aromatic carbocycles. The molecule has 2 heterocycles. The lowest BCUT2D eigenvalue weighted by atomic mass is 9.95. The van der Waals surface area contributed by atoms with Crippen molar-refractivity contribution in [3.05, 3.63) is 22.3 Å². The van der Waals surface area contributed by atoms with Crippen molar-refractivity contribution in [2.75, 3.05) is 18.0 Å². The van der Waals surface area contributed by atoms with Crippen molar-refractivity contribution in [1.29, 1.82) is 0 Å². The van der Waals surface area contributed by atoms with Crippen LogP contribution in [-0.2, 0) is 11.0 Å². The van der Waals surface area contributed by atoms with Crippen LogP contribution in [0.15, 0.2) is 16.7 Å². The van der Waals surface area contributed by atoms with Crippen LogP contribution in [0.1, 0.15) is 39.2 Å². The van der Waals surface area contributed by atoms with Crippen LogP contribution >= 0.6 is 15.9 Å². The highest BCUT2D eigenvalue weighted by atomic mass is 79.9. The van der Waals surface area contributed by atoms with E-state index in [1.165, 1.54) is 6.20 Å². The Balaban J connectivity index is 2.23. The summed E-state index contributed by atoms with van der Waals surface area (Å²) in [5, 5.41) is 2.90. The zero-order valence-corrected chi connectivity index (χ0v) is 15.5. The molecule has 1 saturated heterocycles. The second-order valence-corrected chi connectivity index (χ2v) is 7.96. The minimum atomic E-state index is -4.49. The third-order valence-corrected chi connectivity index (χ3v) is 4.16. The molecule has 24 heavy (non-hydrogen) atoms. The first-order chi connectivity index (χ1) is 11.0. The van der Waals surface area contributed by atoms with Gasteiger partial charge in [0.1, 0.15) is 5.82 Å². The van der Waals surface area contributed by atoms with Gasteiger partial charge in [0.25, 0.3) is 0 Å². The molecule has 0 saturated carbocycles. The summed E-state index contributed by atoms with van der Waals surface area (Å²) in [5.74, 6) is -0.582. The van der Waals surface area contributed by atoms with Gasteiger partial charge in [0, 0.05) is 29.3 Å². The number of alkyl halides is 3. The second kappa shape index (κ2) is 6.90. The molecule has 0 aliphatic carbocycles. The number of nitrogens with zero attached hydrogens (tertiary/aromatic N) is 2. The Labute approximate surface area is 147 Å². The van der Waals surface area contributed by atoms with Crippen molar-refractivity contribution in [2.24, 2.45) is 5.92 Å². The average Bonchev–Trinajstić information content (AvgIpc) is 2.44. The molecule has 1 atom stereocenters. The Hall–Kier alpha value is -1.31. The Morgan fingerprint density at radius 1 is 1.38 bits per heavy atom. The number of anilines is 1. The van der Waals surface area contributed by atoms with E-state index in [9.17, 15) is 18.0 Å². The van der Waals surface area contributed by atoms with Gasteiger partial charge in [-0.3, -0.25) is 4.79 Å². The van der Waals surface area contributed by atoms with Crippen LogP contribution < -0.4 is 10.2 Å². The molecule has 1 N–H and O–H groups in total. The van der Waals surface area contributed by atoms with Crippen LogP contribution in [0.2, 0.25) is 0 Å². The van der Waals surface area contributed by atoms with Gasteiger partial charge in [-0.1, -0.05) is 0 Å². The van der Waals surface area contributed by atoms with Crippen molar-refractivity contribution in [1.82, 2.24) is 10.3 Å². The predicted molar refractivity (Wildman–Crippen MR) is 89.8 cm³/mol. The normalized spacial score (nSPS) is 19.3. The van der Waals surface area contributed by atoms with Crippen LogP contribution in [-0.4, -0.2) is 29.5 Å². The average molecular weight is 408 g/mol. The van der Waals surface area contributed by atoms with Gasteiger partial charge < -0.3 is 10.2 Å². The molecular formula is C16H21BrF3N3O. The fourth-order valence-corrected chi connectivity index (χ4v) is 3.08. The molecule has 0 spiro atoms. The van der Waals surface area contributed by atoms with Crippen molar-refractivity contribution >= 4 is 27.7 Å². The number of piperidine rings is 1. The van der Waals surface area contributed by atoms with Crippen LogP contribution in [0.4, 0.5) is 19.0 Å². The number of hydrogen-bond acceptors (Lipinski definition) is 3. The zero-order valence-electron chi connectivity index (χ0n) is 13.9. The number of aromatic nitrogens is 1. The molecular weight excluding hydrogens is 387 g/mol. The molecule has 1 aliphatic heterocycles. The summed E-state index contributed by atoms with van der Waals surface area (Å²) in [6.45, 7) is 6.33. The molecule has 134 valence electrons. The molecule has 1 amide bonds. The SMILES string of the molecule is CC(C)(C)NC(=O)C1CCCN(c2ncc(Br)cc2C(F)(F)F)C1. The summed E-state index contributed by atoms with van der Waals surface area (Å²) in [5.41, 5.74) is -1.15. The van der Waals surface area contributed by atoms with Gasteiger partial charge in [0.05, 0.1) is 11.5 Å². The number of hydrogen-bond donors (Lipinski definition) is 1. The number of rotatable bonds is 2. The lowest BCUT2D eigenvalue weighted by Crippen LogP contribution is -2.49. The first-order valence-corrected chi connectivity index (χ1v) is 8.56. The van der Waals surface area contributed by atoms with Crippen LogP contribution in [0.3, 0.4) is 0 Å². The first kappa shape index (κ1) is 19.0. The number of pyridine rings is 1. The van der Waals surface area contributed by atoms with Gasteiger partial charge in [-0.25, -0.2) is 4.98 Å². The van der Waals surface area contributed by atoms with Crippen molar-refractivity contribution < 1.29 is 18.0 Å². The van der Waals surface area contributed by atoms with E-state index in [1.54, 1.807) is 4.90 Å². The number of carbonyl (C=O) groups is 1. The Morgan fingerprint density at radius 2 is 2.04 bits per heavy atom. The van der Waals surface area contributed by atoms with Gasteiger partial charge in [-0.2, -0.15) is 13.2 Å². The molecule has 0 bridgehead atoms. The summed E-state index contributed by atoms with van der Waals surface area (Å²) < 4.78 is 40.2. The maximum Gasteiger partial charge on any atom is 0.419 e. The molecule has 0 radical (unpaired) electrons. The van der Waals surface area contributed by atoms with E-state index in [-0.39, 0.29) is 34.2 Å². The number of nitrogens with one attached hydrogen (secondary N) is 1. The highest BCUT2D eigenvalue weighted by Gasteiger charge is 2.38. The van der Waals surface area contributed by atoms with Gasteiger partial charge in [-0.15, -0.1) is 0 Å². The molecule has 4 nitrogen and oxygen atoms in total. The fourth-order valence-electron chi connectivity index (χ4n) is 2.75. The van der Waals surface area contributed by atoms with Gasteiger partial charge in [0.15, 0.2) is 0 Å².